The number of hydrogen-bond donors (Lipinski definition) is 1. The van der Waals surface area contributed by atoms with E-state index in [1.165, 1.54) is 12.8 Å². The molecule has 1 rings (SSSR count). The number of carbonyl (C=O) groups is 1. The van der Waals surface area contributed by atoms with Gasteiger partial charge < -0.3 is 15.0 Å². The van der Waals surface area contributed by atoms with Crippen molar-refractivity contribution in [1.29, 1.82) is 0 Å². The molecule has 1 aliphatic heterocycles. The van der Waals surface area contributed by atoms with Crippen molar-refractivity contribution < 1.29 is 9.53 Å². The fourth-order valence-corrected chi connectivity index (χ4v) is 2.17. The van der Waals surface area contributed by atoms with Crippen LogP contribution in [0.1, 0.15) is 40.5 Å². The van der Waals surface area contributed by atoms with Crippen LogP contribution in [0.3, 0.4) is 0 Å². The Kier molecular flexibility index (Phi) is 6.09. The molecule has 0 bridgehead atoms. The number of ether oxygens (including phenoxy) is 1. The van der Waals surface area contributed by atoms with Gasteiger partial charge in [-0.05, 0) is 59.5 Å². The maximum absolute atomic E-state index is 12.1. The molecule has 1 N–H and O–H groups in total. The van der Waals surface area contributed by atoms with Gasteiger partial charge in [0, 0.05) is 13.1 Å². The summed E-state index contributed by atoms with van der Waals surface area (Å²) in [4.78, 5) is 14.0. The molecule has 0 aromatic heterocycles. The molecule has 0 radical (unpaired) electrons. The highest BCUT2D eigenvalue weighted by molar-refractivity contribution is 5.77. The quantitative estimate of drug-likeness (QED) is 0.813. The molecule has 1 saturated heterocycles. The summed E-state index contributed by atoms with van der Waals surface area (Å²) in [5.74, 6) is 0.704. The van der Waals surface area contributed by atoms with E-state index in [2.05, 4.69) is 5.32 Å². The van der Waals surface area contributed by atoms with Crippen LogP contribution in [-0.4, -0.2) is 49.2 Å². The van der Waals surface area contributed by atoms with Crippen molar-refractivity contribution in [2.75, 3.05) is 32.8 Å². The SMILES string of the molecule is CCN(CC1CCCNC1)C(=O)COC(C)(C)C. The number of hydrogen-bond acceptors (Lipinski definition) is 3. The number of likely N-dealkylation sites (N-methyl/N-ethyl adjacent to an activating group) is 1. The number of amides is 1. The van der Waals surface area contributed by atoms with Gasteiger partial charge in [0.05, 0.1) is 5.60 Å². The summed E-state index contributed by atoms with van der Waals surface area (Å²) in [6.07, 6.45) is 2.44. The predicted molar refractivity (Wildman–Crippen MR) is 73.6 cm³/mol. The average Bonchev–Trinajstić information content (AvgIpc) is 2.33. The topological polar surface area (TPSA) is 41.6 Å². The standard InChI is InChI=1S/C14H28N2O2/c1-5-16(10-12-7-6-8-15-9-12)13(17)11-18-14(2,3)4/h12,15H,5-11H2,1-4H3. The number of carbonyl (C=O) groups excluding carboxylic acids is 1. The molecule has 4 heteroatoms. The molecule has 1 heterocycles. The Morgan fingerprint density at radius 1 is 1.44 bits per heavy atom. The van der Waals surface area contributed by atoms with Crippen LogP contribution in [0, 0.1) is 5.92 Å². The highest BCUT2D eigenvalue weighted by Gasteiger charge is 2.21. The summed E-state index contributed by atoms with van der Waals surface area (Å²) in [6.45, 7) is 11.9. The molecule has 1 atom stereocenters. The summed E-state index contributed by atoms with van der Waals surface area (Å²) in [5, 5.41) is 3.39. The van der Waals surface area contributed by atoms with Crippen LogP contribution in [0.5, 0.6) is 0 Å². The van der Waals surface area contributed by atoms with Crippen LogP contribution in [0.25, 0.3) is 0 Å². The second-order valence-electron chi connectivity index (χ2n) is 6.05. The Balaban J connectivity index is 2.36. The number of nitrogens with zero attached hydrogens (tertiary/aromatic N) is 1. The molecule has 0 saturated carbocycles. The van der Waals surface area contributed by atoms with E-state index in [0.717, 1.165) is 26.2 Å². The van der Waals surface area contributed by atoms with Crippen molar-refractivity contribution in [1.82, 2.24) is 10.2 Å². The summed E-state index contributed by atoms with van der Waals surface area (Å²) >= 11 is 0. The van der Waals surface area contributed by atoms with Gasteiger partial charge in [0.15, 0.2) is 0 Å². The van der Waals surface area contributed by atoms with E-state index in [0.29, 0.717) is 5.92 Å². The van der Waals surface area contributed by atoms with E-state index >= 15 is 0 Å². The van der Waals surface area contributed by atoms with Crippen LogP contribution in [-0.2, 0) is 9.53 Å². The molecule has 0 aliphatic carbocycles. The molecule has 1 unspecified atom stereocenters. The van der Waals surface area contributed by atoms with Gasteiger partial charge >= 0.3 is 0 Å². The van der Waals surface area contributed by atoms with E-state index in [4.69, 9.17) is 4.74 Å². The predicted octanol–water partition coefficient (Wildman–Crippen LogP) is 1.65. The first-order valence-electron chi connectivity index (χ1n) is 7.05. The summed E-state index contributed by atoms with van der Waals surface area (Å²) < 4.78 is 5.56. The highest BCUT2D eigenvalue weighted by atomic mass is 16.5. The third-order valence-corrected chi connectivity index (χ3v) is 3.24. The van der Waals surface area contributed by atoms with Gasteiger partial charge in [-0.3, -0.25) is 4.79 Å². The monoisotopic (exact) mass is 256 g/mol. The summed E-state index contributed by atoms with van der Waals surface area (Å²) in [6, 6.07) is 0. The molecule has 4 nitrogen and oxygen atoms in total. The van der Waals surface area contributed by atoms with Gasteiger partial charge in [0.2, 0.25) is 5.91 Å². The Labute approximate surface area is 111 Å². The van der Waals surface area contributed by atoms with E-state index in [1.54, 1.807) is 0 Å². The zero-order valence-electron chi connectivity index (χ0n) is 12.3. The second-order valence-corrected chi connectivity index (χ2v) is 6.05. The summed E-state index contributed by atoms with van der Waals surface area (Å²) in [7, 11) is 0. The Hall–Kier alpha value is -0.610. The van der Waals surface area contributed by atoms with Crippen LogP contribution in [0.2, 0.25) is 0 Å². The molecule has 0 aromatic carbocycles. The Bertz CT molecular complexity index is 255. The average molecular weight is 256 g/mol. The molecule has 0 aromatic rings. The minimum absolute atomic E-state index is 0.109. The van der Waals surface area contributed by atoms with Gasteiger partial charge in [-0.15, -0.1) is 0 Å². The van der Waals surface area contributed by atoms with Crippen molar-refractivity contribution in [2.45, 2.75) is 46.1 Å². The third kappa shape index (κ3) is 5.83. The number of nitrogens with one attached hydrogen (secondary N) is 1. The van der Waals surface area contributed by atoms with E-state index < -0.39 is 0 Å². The van der Waals surface area contributed by atoms with Crippen molar-refractivity contribution in [3.8, 4) is 0 Å². The lowest BCUT2D eigenvalue weighted by Gasteiger charge is -2.30. The lowest BCUT2D eigenvalue weighted by Crippen LogP contribution is -2.43. The highest BCUT2D eigenvalue weighted by Crippen LogP contribution is 2.13. The Morgan fingerprint density at radius 2 is 2.17 bits per heavy atom. The zero-order valence-corrected chi connectivity index (χ0v) is 12.3. The van der Waals surface area contributed by atoms with E-state index in [1.807, 2.05) is 32.6 Å². The van der Waals surface area contributed by atoms with Gasteiger partial charge in [-0.25, -0.2) is 0 Å². The molecular formula is C14H28N2O2. The van der Waals surface area contributed by atoms with Gasteiger partial charge in [0.1, 0.15) is 6.61 Å². The second kappa shape index (κ2) is 7.10. The smallest absolute Gasteiger partial charge is 0.248 e. The molecule has 1 amide bonds. The fraction of sp³-hybridized carbons (Fsp3) is 0.929. The first kappa shape index (κ1) is 15.4. The van der Waals surface area contributed by atoms with Gasteiger partial charge in [0.25, 0.3) is 0 Å². The van der Waals surface area contributed by atoms with E-state index in [9.17, 15) is 4.79 Å². The largest absolute Gasteiger partial charge is 0.366 e. The van der Waals surface area contributed by atoms with Crippen LogP contribution >= 0.6 is 0 Å². The van der Waals surface area contributed by atoms with Crippen LogP contribution in [0.15, 0.2) is 0 Å². The van der Waals surface area contributed by atoms with Crippen LogP contribution < -0.4 is 5.32 Å². The number of piperidine rings is 1. The third-order valence-electron chi connectivity index (χ3n) is 3.24. The first-order valence-corrected chi connectivity index (χ1v) is 7.05. The van der Waals surface area contributed by atoms with E-state index in [-0.39, 0.29) is 18.1 Å². The normalized spacial score (nSPS) is 20.8. The minimum Gasteiger partial charge on any atom is -0.366 e. The van der Waals surface area contributed by atoms with Crippen LogP contribution in [0.4, 0.5) is 0 Å². The number of rotatable bonds is 5. The van der Waals surface area contributed by atoms with Crippen molar-refractivity contribution >= 4 is 5.91 Å². The van der Waals surface area contributed by atoms with Gasteiger partial charge in [-0.2, -0.15) is 0 Å². The minimum atomic E-state index is -0.249. The summed E-state index contributed by atoms with van der Waals surface area (Å²) in [5.41, 5.74) is -0.249. The van der Waals surface area contributed by atoms with Crippen molar-refractivity contribution in [2.24, 2.45) is 5.92 Å². The van der Waals surface area contributed by atoms with Crippen molar-refractivity contribution in [3.63, 3.8) is 0 Å². The molecular weight excluding hydrogens is 228 g/mol. The molecule has 1 aliphatic rings. The first-order chi connectivity index (χ1) is 8.42. The lowest BCUT2D eigenvalue weighted by molar-refractivity contribution is -0.141. The fourth-order valence-electron chi connectivity index (χ4n) is 2.17. The Morgan fingerprint density at radius 3 is 2.67 bits per heavy atom. The maximum atomic E-state index is 12.1. The lowest BCUT2D eigenvalue weighted by atomic mass is 9.99. The maximum Gasteiger partial charge on any atom is 0.248 e. The molecule has 0 spiro atoms. The zero-order chi connectivity index (χ0) is 13.6. The van der Waals surface area contributed by atoms with Crippen molar-refractivity contribution in [3.05, 3.63) is 0 Å². The molecule has 1 fully saturated rings. The molecule has 106 valence electrons. The molecule has 18 heavy (non-hydrogen) atoms. The van der Waals surface area contributed by atoms with Gasteiger partial charge in [-0.1, -0.05) is 0 Å².